The third kappa shape index (κ3) is 3.90. The van der Waals surface area contributed by atoms with Gasteiger partial charge in [-0.05, 0) is 36.2 Å². The smallest absolute Gasteiger partial charge is 0.226 e. The fraction of sp³-hybridized carbons (Fsp3) is 0.200. The van der Waals surface area contributed by atoms with Crippen molar-refractivity contribution < 1.29 is 4.79 Å². The van der Waals surface area contributed by atoms with E-state index >= 15 is 0 Å². The second-order valence-corrected chi connectivity index (χ2v) is 5.66. The highest BCUT2D eigenvalue weighted by atomic mass is 16.1. The van der Waals surface area contributed by atoms with E-state index in [1.165, 1.54) is 5.56 Å². The van der Waals surface area contributed by atoms with E-state index in [1.807, 2.05) is 54.6 Å². The van der Waals surface area contributed by atoms with Gasteiger partial charge in [-0.15, -0.1) is 0 Å². The van der Waals surface area contributed by atoms with Crippen molar-refractivity contribution in [1.29, 1.82) is 0 Å². The molecule has 2 N–H and O–H groups in total. The molecule has 0 aliphatic carbocycles. The molecule has 122 valence electrons. The lowest BCUT2D eigenvalue weighted by atomic mass is 10.1. The van der Waals surface area contributed by atoms with E-state index in [1.54, 1.807) is 6.20 Å². The average molecular weight is 319 g/mol. The Morgan fingerprint density at radius 3 is 2.62 bits per heavy atom. The van der Waals surface area contributed by atoms with Gasteiger partial charge in [-0.25, -0.2) is 0 Å². The van der Waals surface area contributed by atoms with Gasteiger partial charge in [0.1, 0.15) is 0 Å². The predicted octanol–water partition coefficient (Wildman–Crippen LogP) is 4.24. The number of benzene rings is 2. The maximum atomic E-state index is 12.1. The molecule has 0 aliphatic heterocycles. The minimum atomic E-state index is -0.0000515. The van der Waals surface area contributed by atoms with E-state index in [0.717, 1.165) is 28.7 Å². The number of pyridine rings is 1. The van der Waals surface area contributed by atoms with Crippen molar-refractivity contribution in [2.75, 3.05) is 17.2 Å². The topological polar surface area (TPSA) is 54.0 Å². The number of carbonyl (C=O) groups is 1. The summed E-state index contributed by atoms with van der Waals surface area (Å²) in [6, 6.07) is 17.9. The monoisotopic (exact) mass is 319 g/mol. The molecule has 0 saturated heterocycles. The van der Waals surface area contributed by atoms with Gasteiger partial charge >= 0.3 is 0 Å². The summed E-state index contributed by atoms with van der Waals surface area (Å²) >= 11 is 0. The lowest BCUT2D eigenvalue weighted by Gasteiger charge is -2.09. The molecule has 0 aliphatic rings. The van der Waals surface area contributed by atoms with Crippen LogP contribution in [0.2, 0.25) is 0 Å². The predicted molar refractivity (Wildman–Crippen MR) is 99.3 cm³/mol. The van der Waals surface area contributed by atoms with Gasteiger partial charge in [0.25, 0.3) is 0 Å². The molecule has 1 amide bonds. The van der Waals surface area contributed by atoms with Crippen molar-refractivity contribution >= 4 is 28.2 Å². The van der Waals surface area contributed by atoms with Crippen molar-refractivity contribution in [3.63, 3.8) is 0 Å². The van der Waals surface area contributed by atoms with E-state index in [2.05, 4.69) is 22.5 Å². The third-order valence-corrected chi connectivity index (χ3v) is 3.95. The number of fused-ring (bicyclic) bond motifs is 1. The van der Waals surface area contributed by atoms with Crippen LogP contribution in [0.15, 0.2) is 60.8 Å². The second kappa shape index (κ2) is 7.59. The Balaban J connectivity index is 1.54. The van der Waals surface area contributed by atoms with Crippen LogP contribution in [-0.2, 0) is 11.2 Å². The zero-order valence-electron chi connectivity index (χ0n) is 13.8. The van der Waals surface area contributed by atoms with Crippen molar-refractivity contribution in [3.05, 3.63) is 66.4 Å². The lowest BCUT2D eigenvalue weighted by molar-refractivity contribution is -0.115. The van der Waals surface area contributed by atoms with Gasteiger partial charge in [0, 0.05) is 30.2 Å². The minimum absolute atomic E-state index is 0.0000515. The van der Waals surface area contributed by atoms with Crippen LogP contribution in [0.1, 0.15) is 18.9 Å². The first-order chi connectivity index (χ1) is 11.8. The normalized spacial score (nSPS) is 10.5. The molecule has 0 bridgehead atoms. The van der Waals surface area contributed by atoms with Gasteiger partial charge in [0.2, 0.25) is 5.91 Å². The summed E-state index contributed by atoms with van der Waals surface area (Å²) in [5, 5.41) is 7.31. The number of nitrogens with zero attached hydrogens (tertiary/aromatic N) is 1. The van der Waals surface area contributed by atoms with Crippen LogP contribution in [0.4, 0.5) is 11.4 Å². The SMILES string of the molecule is CCc1ccc(NC(=O)CCNc2cccc3cccnc23)cc1. The molecule has 24 heavy (non-hydrogen) atoms. The number of anilines is 2. The highest BCUT2D eigenvalue weighted by Crippen LogP contribution is 2.20. The van der Waals surface area contributed by atoms with Gasteiger partial charge in [-0.1, -0.05) is 37.3 Å². The van der Waals surface area contributed by atoms with Crippen LogP contribution in [0.25, 0.3) is 10.9 Å². The van der Waals surface area contributed by atoms with Crippen molar-refractivity contribution in [3.8, 4) is 0 Å². The van der Waals surface area contributed by atoms with Crippen molar-refractivity contribution in [2.45, 2.75) is 19.8 Å². The molecular weight excluding hydrogens is 298 g/mol. The van der Waals surface area contributed by atoms with Gasteiger partial charge in [-0.3, -0.25) is 9.78 Å². The molecule has 3 rings (SSSR count). The summed E-state index contributed by atoms with van der Waals surface area (Å²) < 4.78 is 0. The molecule has 4 nitrogen and oxygen atoms in total. The Labute approximate surface area is 141 Å². The van der Waals surface area contributed by atoms with Gasteiger partial charge < -0.3 is 10.6 Å². The van der Waals surface area contributed by atoms with E-state index in [0.29, 0.717) is 13.0 Å². The quantitative estimate of drug-likeness (QED) is 0.714. The zero-order valence-corrected chi connectivity index (χ0v) is 13.8. The lowest BCUT2D eigenvalue weighted by Crippen LogP contribution is -2.16. The number of rotatable bonds is 6. The fourth-order valence-corrected chi connectivity index (χ4v) is 2.60. The first-order valence-corrected chi connectivity index (χ1v) is 8.22. The molecule has 0 saturated carbocycles. The maximum absolute atomic E-state index is 12.1. The van der Waals surface area contributed by atoms with E-state index < -0.39 is 0 Å². The highest BCUT2D eigenvalue weighted by Gasteiger charge is 2.04. The number of hydrogen-bond acceptors (Lipinski definition) is 3. The molecule has 2 aromatic carbocycles. The minimum Gasteiger partial charge on any atom is -0.383 e. The molecule has 3 aromatic rings. The first-order valence-electron chi connectivity index (χ1n) is 8.22. The average Bonchev–Trinajstić information content (AvgIpc) is 2.62. The number of aromatic nitrogens is 1. The summed E-state index contributed by atoms with van der Waals surface area (Å²) in [5.41, 5.74) is 3.98. The Kier molecular flexibility index (Phi) is 5.06. The summed E-state index contributed by atoms with van der Waals surface area (Å²) in [6.45, 7) is 2.68. The van der Waals surface area contributed by atoms with Gasteiger partial charge in [0.05, 0.1) is 11.2 Å². The van der Waals surface area contributed by atoms with E-state index in [-0.39, 0.29) is 5.91 Å². The second-order valence-electron chi connectivity index (χ2n) is 5.66. The Hall–Kier alpha value is -2.88. The van der Waals surface area contributed by atoms with E-state index in [4.69, 9.17) is 0 Å². The van der Waals surface area contributed by atoms with Crippen LogP contribution in [0, 0.1) is 0 Å². The molecule has 0 unspecified atom stereocenters. The first kappa shape index (κ1) is 16.0. The largest absolute Gasteiger partial charge is 0.383 e. The number of hydrogen-bond donors (Lipinski definition) is 2. The Bertz CT molecular complexity index is 822. The maximum Gasteiger partial charge on any atom is 0.226 e. The Morgan fingerprint density at radius 1 is 1.04 bits per heavy atom. The number of aryl methyl sites for hydroxylation is 1. The third-order valence-electron chi connectivity index (χ3n) is 3.95. The number of para-hydroxylation sites is 1. The van der Waals surface area contributed by atoms with Gasteiger partial charge in [-0.2, -0.15) is 0 Å². The summed E-state index contributed by atoms with van der Waals surface area (Å²) in [4.78, 5) is 16.5. The Morgan fingerprint density at radius 2 is 1.83 bits per heavy atom. The highest BCUT2D eigenvalue weighted by molar-refractivity contribution is 5.92. The standard InChI is InChI=1S/C20H21N3O/c1-2-15-8-10-17(11-9-15)23-19(24)12-14-21-18-7-3-5-16-6-4-13-22-20(16)18/h3-11,13,21H,2,12,14H2,1H3,(H,23,24). The molecule has 0 fully saturated rings. The molecule has 0 atom stereocenters. The van der Waals surface area contributed by atoms with Gasteiger partial charge in [0.15, 0.2) is 0 Å². The molecule has 1 heterocycles. The zero-order chi connectivity index (χ0) is 16.8. The molecular formula is C20H21N3O. The molecule has 0 radical (unpaired) electrons. The molecule has 1 aromatic heterocycles. The summed E-state index contributed by atoms with van der Waals surface area (Å²) in [7, 11) is 0. The molecule has 0 spiro atoms. The molecule has 4 heteroatoms. The van der Waals surface area contributed by atoms with Crippen LogP contribution in [0.3, 0.4) is 0 Å². The number of nitrogens with one attached hydrogen (secondary N) is 2. The van der Waals surface area contributed by atoms with Crippen molar-refractivity contribution in [1.82, 2.24) is 4.98 Å². The van der Waals surface area contributed by atoms with Crippen molar-refractivity contribution in [2.24, 2.45) is 0 Å². The summed E-state index contributed by atoms with van der Waals surface area (Å²) in [5.74, 6) is -0.0000515. The fourth-order valence-electron chi connectivity index (χ4n) is 2.60. The van der Waals surface area contributed by atoms with Crippen LogP contribution >= 0.6 is 0 Å². The van der Waals surface area contributed by atoms with Crippen LogP contribution in [0.5, 0.6) is 0 Å². The number of carbonyl (C=O) groups excluding carboxylic acids is 1. The summed E-state index contributed by atoms with van der Waals surface area (Å²) in [6.07, 6.45) is 3.18. The van der Waals surface area contributed by atoms with Crippen LogP contribution in [-0.4, -0.2) is 17.4 Å². The van der Waals surface area contributed by atoms with Crippen LogP contribution < -0.4 is 10.6 Å². The van der Waals surface area contributed by atoms with E-state index in [9.17, 15) is 4.79 Å². The number of amides is 1.